The predicted molar refractivity (Wildman–Crippen MR) is 75.4 cm³/mol. The molecule has 0 saturated heterocycles. The molecule has 0 aromatic heterocycles. The highest BCUT2D eigenvalue weighted by Crippen LogP contribution is 2.15. The van der Waals surface area contributed by atoms with Crippen LogP contribution in [0.25, 0.3) is 0 Å². The lowest BCUT2D eigenvalue weighted by Gasteiger charge is -2.20. The van der Waals surface area contributed by atoms with E-state index in [0.717, 1.165) is 19.3 Å². The molecular weight excluding hydrogens is 228 g/mol. The Labute approximate surface area is 112 Å². The monoisotopic (exact) mass is 258 g/mol. The molecule has 0 aromatic rings. The number of carbonyl (C=O) groups is 1. The third kappa shape index (κ3) is 8.48. The third-order valence-corrected chi connectivity index (χ3v) is 3.22. The molecule has 4 heteroatoms. The van der Waals surface area contributed by atoms with Crippen molar-refractivity contribution >= 4 is 5.91 Å². The van der Waals surface area contributed by atoms with E-state index in [2.05, 4.69) is 6.92 Å². The van der Waals surface area contributed by atoms with E-state index in [0.29, 0.717) is 32.0 Å². The van der Waals surface area contributed by atoms with Crippen LogP contribution >= 0.6 is 0 Å². The first-order valence-electron chi connectivity index (χ1n) is 7.06. The molecule has 1 atom stereocenters. The Kier molecular flexibility index (Phi) is 9.98. The van der Waals surface area contributed by atoms with E-state index >= 15 is 0 Å². The fraction of sp³-hybridized carbons (Fsp3) is 0.929. The molecule has 18 heavy (non-hydrogen) atoms. The molecule has 1 amide bonds. The predicted octanol–water partition coefficient (Wildman–Crippen LogP) is 2.02. The second-order valence-electron chi connectivity index (χ2n) is 5.13. The summed E-state index contributed by atoms with van der Waals surface area (Å²) in [5, 5.41) is 0. The van der Waals surface area contributed by atoms with Gasteiger partial charge >= 0.3 is 0 Å². The number of nitrogens with zero attached hydrogens (tertiary/aromatic N) is 1. The number of nitrogens with two attached hydrogens (primary N) is 1. The van der Waals surface area contributed by atoms with E-state index in [9.17, 15) is 4.79 Å². The van der Waals surface area contributed by atoms with Gasteiger partial charge in [-0.15, -0.1) is 0 Å². The number of likely N-dealkylation sites (N-methyl/N-ethyl adjacent to an activating group) is 1. The van der Waals surface area contributed by atoms with Crippen LogP contribution in [0.4, 0.5) is 0 Å². The first kappa shape index (κ1) is 17.4. The summed E-state index contributed by atoms with van der Waals surface area (Å²) in [6.45, 7) is 8.15. The molecule has 2 N–H and O–H groups in total. The smallest absolute Gasteiger partial charge is 0.222 e. The highest BCUT2D eigenvalue weighted by molar-refractivity contribution is 5.75. The maximum atomic E-state index is 11.9. The molecule has 4 nitrogen and oxygen atoms in total. The summed E-state index contributed by atoms with van der Waals surface area (Å²) in [5.74, 6) is 0.789. The second-order valence-corrected chi connectivity index (χ2v) is 5.13. The zero-order chi connectivity index (χ0) is 14.0. The van der Waals surface area contributed by atoms with Gasteiger partial charge in [-0.25, -0.2) is 0 Å². The molecule has 0 saturated carbocycles. The molecule has 0 spiro atoms. The molecule has 0 fully saturated rings. The van der Waals surface area contributed by atoms with Crippen LogP contribution in [-0.4, -0.2) is 43.7 Å². The van der Waals surface area contributed by atoms with Gasteiger partial charge in [0.25, 0.3) is 0 Å². The summed E-state index contributed by atoms with van der Waals surface area (Å²) in [7, 11) is 1.84. The van der Waals surface area contributed by atoms with Gasteiger partial charge in [0.05, 0.1) is 12.7 Å². The van der Waals surface area contributed by atoms with Gasteiger partial charge in [-0.05, 0) is 39.2 Å². The minimum Gasteiger partial charge on any atom is -0.377 e. The Morgan fingerprint density at radius 2 is 2.00 bits per heavy atom. The second kappa shape index (κ2) is 10.3. The quantitative estimate of drug-likeness (QED) is 0.652. The SMILES string of the molecule is CCC(CCN)CCC(=O)N(C)CCOC(C)C. The average Bonchev–Trinajstić information content (AvgIpc) is 2.33. The minimum absolute atomic E-state index is 0.206. The van der Waals surface area contributed by atoms with Gasteiger partial charge in [0, 0.05) is 20.0 Å². The highest BCUT2D eigenvalue weighted by atomic mass is 16.5. The molecule has 0 heterocycles. The zero-order valence-electron chi connectivity index (χ0n) is 12.4. The van der Waals surface area contributed by atoms with Crippen LogP contribution in [0.1, 0.15) is 46.5 Å². The van der Waals surface area contributed by atoms with Gasteiger partial charge in [-0.2, -0.15) is 0 Å². The number of rotatable bonds is 10. The molecule has 0 aliphatic rings. The third-order valence-electron chi connectivity index (χ3n) is 3.22. The standard InChI is InChI=1S/C14H30N2O2/c1-5-13(8-9-15)6-7-14(17)16(4)10-11-18-12(2)3/h12-13H,5-11,15H2,1-4H3. The molecule has 108 valence electrons. The molecule has 0 aromatic carbocycles. The van der Waals surface area contributed by atoms with Crippen LogP contribution in [0.2, 0.25) is 0 Å². The van der Waals surface area contributed by atoms with Crippen LogP contribution in [0, 0.1) is 5.92 Å². The van der Waals surface area contributed by atoms with Crippen LogP contribution in [0.5, 0.6) is 0 Å². The minimum atomic E-state index is 0.206. The van der Waals surface area contributed by atoms with Crippen LogP contribution in [0.15, 0.2) is 0 Å². The fourth-order valence-electron chi connectivity index (χ4n) is 1.86. The van der Waals surface area contributed by atoms with Crippen molar-refractivity contribution in [3.63, 3.8) is 0 Å². The molecule has 0 bridgehead atoms. The summed E-state index contributed by atoms with van der Waals surface area (Å²) < 4.78 is 5.44. The van der Waals surface area contributed by atoms with E-state index in [-0.39, 0.29) is 12.0 Å². The van der Waals surface area contributed by atoms with Crippen molar-refractivity contribution in [2.75, 3.05) is 26.7 Å². The maximum Gasteiger partial charge on any atom is 0.222 e. The lowest BCUT2D eigenvalue weighted by molar-refractivity contribution is -0.131. The van der Waals surface area contributed by atoms with Crippen molar-refractivity contribution in [3.05, 3.63) is 0 Å². The number of ether oxygens (including phenoxy) is 1. The number of hydrogen-bond acceptors (Lipinski definition) is 3. The lowest BCUT2D eigenvalue weighted by Crippen LogP contribution is -2.31. The summed E-state index contributed by atoms with van der Waals surface area (Å²) in [6, 6.07) is 0. The normalized spacial score (nSPS) is 12.8. The summed E-state index contributed by atoms with van der Waals surface area (Å²) in [5.41, 5.74) is 5.55. The Bertz CT molecular complexity index is 220. The highest BCUT2D eigenvalue weighted by Gasteiger charge is 2.12. The van der Waals surface area contributed by atoms with E-state index in [1.165, 1.54) is 0 Å². The van der Waals surface area contributed by atoms with Gasteiger partial charge < -0.3 is 15.4 Å². The first-order chi connectivity index (χ1) is 8.51. The molecular formula is C14H30N2O2. The number of hydrogen-bond donors (Lipinski definition) is 1. The number of amides is 1. The van der Waals surface area contributed by atoms with Crippen molar-refractivity contribution < 1.29 is 9.53 Å². The Balaban J connectivity index is 3.79. The Morgan fingerprint density at radius 1 is 1.33 bits per heavy atom. The van der Waals surface area contributed by atoms with Crippen molar-refractivity contribution in [3.8, 4) is 0 Å². The van der Waals surface area contributed by atoms with E-state index < -0.39 is 0 Å². The van der Waals surface area contributed by atoms with E-state index in [1.807, 2.05) is 20.9 Å². The molecule has 0 rings (SSSR count). The summed E-state index contributed by atoms with van der Waals surface area (Å²) in [6.07, 6.45) is 3.91. The van der Waals surface area contributed by atoms with E-state index in [4.69, 9.17) is 10.5 Å². The maximum absolute atomic E-state index is 11.9. The van der Waals surface area contributed by atoms with Gasteiger partial charge in [0.15, 0.2) is 0 Å². The topological polar surface area (TPSA) is 55.6 Å². The lowest BCUT2D eigenvalue weighted by atomic mass is 9.96. The molecule has 1 unspecified atom stereocenters. The largest absolute Gasteiger partial charge is 0.377 e. The Morgan fingerprint density at radius 3 is 2.50 bits per heavy atom. The molecule has 0 radical (unpaired) electrons. The van der Waals surface area contributed by atoms with Crippen molar-refractivity contribution in [2.24, 2.45) is 11.7 Å². The Hall–Kier alpha value is -0.610. The fourth-order valence-corrected chi connectivity index (χ4v) is 1.86. The first-order valence-corrected chi connectivity index (χ1v) is 7.06. The van der Waals surface area contributed by atoms with Gasteiger partial charge in [-0.3, -0.25) is 4.79 Å². The van der Waals surface area contributed by atoms with Crippen LogP contribution in [-0.2, 0) is 9.53 Å². The van der Waals surface area contributed by atoms with Gasteiger partial charge in [-0.1, -0.05) is 13.3 Å². The number of carbonyl (C=O) groups excluding carboxylic acids is 1. The van der Waals surface area contributed by atoms with E-state index in [1.54, 1.807) is 4.90 Å². The zero-order valence-corrected chi connectivity index (χ0v) is 12.4. The summed E-state index contributed by atoms with van der Waals surface area (Å²) in [4.78, 5) is 13.6. The molecule has 0 aliphatic heterocycles. The van der Waals surface area contributed by atoms with Crippen LogP contribution in [0.3, 0.4) is 0 Å². The van der Waals surface area contributed by atoms with Crippen LogP contribution < -0.4 is 5.73 Å². The summed E-state index contributed by atoms with van der Waals surface area (Å²) >= 11 is 0. The molecule has 0 aliphatic carbocycles. The average molecular weight is 258 g/mol. The van der Waals surface area contributed by atoms with Crippen molar-refractivity contribution in [2.45, 2.75) is 52.6 Å². The van der Waals surface area contributed by atoms with Crippen molar-refractivity contribution in [1.82, 2.24) is 4.90 Å². The van der Waals surface area contributed by atoms with Crippen molar-refractivity contribution in [1.29, 1.82) is 0 Å². The van der Waals surface area contributed by atoms with Gasteiger partial charge in [0.1, 0.15) is 0 Å². The van der Waals surface area contributed by atoms with Gasteiger partial charge in [0.2, 0.25) is 5.91 Å².